The molecule has 0 unspecified atom stereocenters. The summed E-state index contributed by atoms with van der Waals surface area (Å²) in [7, 11) is 0. The van der Waals surface area contributed by atoms with Crippen LogP contribution in [0.25, 0.3) is 0 Å². The maximum Gasteiger partial charge on any atom is 0.430 e. The third-order valence-corrected chi connectivity index (χ3v) is 4.91. The SMILES string of the molecule is N/C(=C\C(=Nc1ccccc1Cl)c1ccc(C(=O)N2CC[C@@H](O)C2)cc1)C(F)(F)F. The highest BCUT2D eigenvalue weighted by atomic mass is 35.5. The topological polar surface area (TPSA) is 78.9 Å². The number of carbonyl (C=O) groups is 1. The molecule has 3 rings (SSSR count). The van der Waals surface area contributed by atoms with Crippen molar-refractivity contribution in [2.24, 2.45) is 10.7 Å². The van der Waals surface area contributed by atoms with Crippen LogP contribution in [0.1, 0.15) is 22.3 Å². The maximum absolute atomic E-state index is 13.0. The van der Waals surface area contributed by atoms with E-state index in [9.17, 15) is 23.1 Å². The molecule has 0 aliphatic carbocycles. The molecule has 1 fully saturated rings. The predicted octanol–water partition coefficient (Wildman–Crippen LogP) is 4.07. The van der Waals surface area contributed by atoms with Crippen LogP contribution >= 0.6 is 11.6 Å². The molecule has 158 valence electrons. The molecular formula is C21H19ClF3N3O2. The monoisotopic (exact) mass is 437 g/mol. The highest BCUT2D eigenvalue weighted by Crippen LogP contribution is 2.27. The number of aliphatic hydroxyl groups excluding tert-OH is 1. The average Bonchev–Trinajstić information content (AvgIpc) is 3.14. The summed E-state index contributed by atoms with van der Waals surface area (Å²) in [6.45, 7) is 0.705. The van der Waals surface area contributed by atoms with Crippen molar-refractivity contribution < 1.29 is 23.1 Å². The molecule has 2 aromatic rings. The molecule has 30 heavy (non-hydrogen) atoms. The van der Waals surface area contributed by atoms with Gasteiger partial charge in [-0.1, -0.05) is 35.9 Å². The van der Waals surface area contributed by atoms with E-state index in [-0.39, 0.29) is 28.9 Å². The minimum Gasteiger partial charge on any atom is -0.395 e. The zero-order chi connectivity index (χ0) is 21.9. The van der Waals surface area contributed by atoms with Gasteiger partial charge < -0.3 is 15.7 Å². The van der Waals surface area contributed by atoms with Crippen LogP contribution in [0.2, 0.25) is 5.02 Å². The summed E-state index contributed by atoms with van der Waals surface area (Å²) in [5, 5.41) is 9.87. The van der Waals surface area contributed by atoms with Crippen LogP contribution in [0.15, 0.2) is 65.3 Å². The van der Waals surface area contributed by atoms with Crippen molar-refractivity contribution in [3.05, 3.63) is 76.5 Å². The summed E-state index contributed by atoms with van der Waals surface area (Å²) in [5.74, 6) is -0.256. The molecule has 2 aromatic carbocycles. The molecule has 1 atom stereocenters. The van der Waals surface area contributed by atoms with E-state index >= 15 is 0 Å². The Labute approximate surface area is 176 Å². The fraction of sp³-hybridized carbons (Fsp3) is 0.238. The lowest BCUT2D eigenvalue weighted by atomic mass is 10.1. The molecule has 0 radical (unpaired) electrons. The Hall–Kier alpha value is -2.84. The molecule has 1 aliphatic heterocycles. The fourth-order valence-corrected chi connectivity index (χ4v) is 3.15. The summed E-state index contributed by atoms with van der Waals surface area (Å²) in [6, 6.07) is 12.5. The number of β-amino-alcohol motifs (C(OH)–C–C–N with tert-alkyl or cyclic N) is 1. The third kappa shape index (κ3) is 5.20. The number of para-hydroxylation sites is 1. The van der Waals surface area contributed by atoms with Gasteiger partial charge >= 0.3 is 6.18 Å². The van der Waals surface area contributed by atoms with Gasteiger partial charge in [-0.15, -0.1) is 0 Å². The second-order valence-corrected chi connectivity index (χ2v) is 7.22. The smallest absolute Gasteiger partial charge is 0.395 e. The number of carbonyl (C=O) groups excluding carboxylic acids is 1. The molecule has 1 saturated heterocycles. The maximum atomic E-state index is 13.0. The lowest BCUT2D eigenvalue weighted by Crippen LogP contribution is -2.29. The standard InChI is InChI=1S/C21H19ClF3N3O2/c22-16-3-1-2-4-17(16)27-18(11-19(26)21(23,24)25)13-5-7-14(8-6-13)20(30)28-10-9-15(29)12-28/h1-8,11,15,29H,9-10,12,26H2/b19-11-,27-18?/t15-/m1/s1. The Morgan fingerprint density at radius 3 is 2.37 bits per heavy atom. The summed E-state index contributed by atoms with van der Waals surface area (Å²) < 4.78 is 38.9. The normalized spacial score (nSPS) is 18.0. The van der Waals surface area contributed by atoms with Crippen molar-refractivity contribution >= 4 is 28.9 Å². The van der Waals surface area contributed by atoms with E-state index < -0.39 is 18.0 Å². The van der Waals surface area contributed by atoms with E-state index in [2.05, 4.69) is 4.99 Å². The number of aliphatic hydroxyl groups is 1. The van der Waals surface area contributed by atoms with Gasteiger partial charge in [-0.2, -0.15) is 13.2 Å². The van der Waals surface area contributed by atoms with Gasteiger partial charge in [0.2, 0.25) is 0 Å². The number of nitrogens with zero attached hydrogens (tertiary/aromatic N) is 2. The molecule has 1 amide bonds. The summed E-state index contributed by atoms with van der Waals surface area (Å²) in [5.41, 5.74) is 4.82. The van der Waals surface area contributed by atoms with Crippen molar-refractivity contribution in [2.75, 3.05) is 13.1 Å². The average molecular weight is 438 g/mol. The van der Waals surface area contributed by atoms with Crippen LogP contribution in [0.5, 0.6) is 0 Å². The number of nitrogens with two attached hydrogens (primary N) is 1. The van der Waals surface area contributed by atoms with Crippen molar-refractivity contribution in [3.63, 3.8) is 0 Å². The summed E-state index contributed by atoms with van der Waals surface area (Å²) in [6.07, 6.45) is -4.01. The highest BCUT2D eigenvalue weighted by Gasteiger charge is 2.32. The fourth-order valence-electron chi connectivity index (χ4n) is 2.97. The molecule has 0 aromatic heterocycles. The number of likely N-dealkylation sites (tertiary alicyclic amines) is 1. The van der Waals surface area contributed by atoms with Crippen molar-refractivity contribution in [2.45, 2.75) is 18.7 Å². The second-order valence-electron chi connectivity index (χ2n) is 6.82. The van der Waals surface area contributed by atoms with Crippen molar-refractivity contribution in [1.29, 1.82) is 0 Å². The van der Waals surface area contributed by atoms with Gasteiger partial charge in [0.05, 0.1) is 22.5 Å². The second kappa shape index (κ2) is 8.89. The van der Waals surface area contributed by atoms with Crippen LogP contribution in [-0.2, 0) is 0 Å². The Bertz CT molecular complexity index is 988. The van der Waals surface area contributed by atoms with Gasteiger partial charge in [0.15, 0.2) is 0 Å². The molecule has 5 nitrogen and oxygen atoms in total. The van der Waals surface area contributed by atoms with Crippen LogP contribution < -0.4 is 5.73 Å². The van der Waals surface area contributed by atoms with E-state index in [1.165, 1.54) is 29.2 Å². The first-order chi connectivity index (χ1) is 14.1. The predicted molar refractivity (Wildman–Crippen MR) is 109 cm³/mol. The Kier molecular flexibility index (Phi) is 6.48. The number of hydrogen-bond acceptors (Lipinski definition) is 4. The van der Waals surface area contributed by atoms with Gasteiger partial charge in [-0.3, -0.25) is 4.79 Å². The quantitative estimate of drug-likeness (QED) is 0.707. The van der Waals surface area contributed by atoms with Gasteiger partial charge in [0, 0.05) is 24.2 Å². The molecule has 9 heteroatoms. The van der Waals surface area contributed by atoms with E-state index in [4.69, 9.17) is 17.3 Å². The number of hydrogen-bond donors (Lipinski definition) is 2. The third-order valence-electron chi connectivity index (χ3n) is 4.59. The van der Waals surface area contributed by atoms with Gasteiger partial charge in [0.25, 0.3) is 5.91 Å². The molecule has 1 heterocycles. The molecule has 1 aliphatic rings. The number of amides is 1. The first-order valence-corrected chi connectivity index (χ1v) is 9.48. The first kappa shape index (κ1) is 21.9. The Morgan fingerprint density at radius 1 is 1.17 bits per heavy atom. The van der Waals surface area contributed by atoms with E-state index in [1.54, 1.807) is 24.3 Å². The van der Waals surface area contributed by atoms with E-state index in [0.717, 1.165) is 6.08 Å². The largest absolute Gasteiger partial charge is 0.430 e. The van der Waals surface area contributed by atoms with Crippen LogP contribution in [0.4, 0.5) is 18.9 Å². The van der Waals surface area contributed by atoms with E-state index in [1.807, 2.05) is 0 Å². The lowest BCUT2D eigenvalue weighted by molar-refractivity contribution is -0.0925. The van der Waals surface area contributed by atoms with E-state index in [0.29, 0.717) is 24.1 Å². The minimum atomic E-state index is -4.71. The molecular weight excluding hydrogens is 419 g/mol. The number of alkyl halides is 3. The van der Waals surface area contributed by atoms with Gasteiger partial charge in [-0.25, -0.2) is 4.99 Å². The summed E-state index contributed by atoms with van der Waals surface area (Å²) in [4.78, 5) is 18.3. The van der Waals surface area contributed by atoms with Gasteiger partial charge in [0.1, 0.15) is 5.70 Å². The molecule has 0 spiro atoms. The zero-order valence-corrected chi connectivity index (χ0v) is 16.5. The van der Waals surface area contributed by atoms with Gasteiger partial charge in [-0.05, 0) is 36.8 Å². The molecule has 0 bridgehead atoms. The molecule has 0 saturated carbocycles. The number of benzene rings is 2. The zero-order valence-electron chi connectivity index (χ0n) is 15.7. The van der Waals surface area contributed by atoms with Crippen molar-refractivity contribution in [1.82, 2.24) is 4.90 Å². The van der Waals surface area contributed by atoms with Crippen LogP contribution in [-0.4, -0.2) is 47.0 Å². The molecule has 3 N–H and O–H groups in total. The van der Waals surface area contributed by atoms with Crippen LogP contribution in [0, 0.1) is 0 Å². The highest BCUT2D eigenvalue weighted by molar-refractivity contribution is 6.33. The number of rotatable bonds is 4. The number of aliphatic imine (C=N–C) groups is 1. The Morgan fingerprint density at radius 2 is 1.80 bits per heavy atom. The van der Waals surface area contributed by atoms with Crippen molar-refractivity contribution in [3.8, 4) is 0 Å². The minimum absolute atomic E-state index is 0.0477. The lowest BCUT2D eigenvalue weighted by Gasteiger charge is -2.16. The summed E-state index contributed by atoms with van der Waals surface area (Å²) >= 11 is 6.08. The first-order valence-electron chi connectivity index (χ1n) is 9.10. The van der Waals surface area contributed by atoms with Crippen LogP contribution in [0.3, 0.4) is 0 Å². The number of allylic oxidation sites excluding steroid dienone is 2. The Balaban J connectivity index is 1.96. The number of halogens is 4.